The largest absolute Gasteiger partial charge is 0.386 e. The molecule has 0 spiro atoms. The number of amides is 1. The molecule has 3 rings (SSSR count). The summed E-state index contributed by atoms with van der Waals surface area (Å²) in [6.07, 6.45) is 0.988. The van der Waals surface area contributed by atoms with Crippen LogP contribution in [0.4, 0.5) is 0 Å². The van der Waals surface area contributed by atoms with Crippen LogP contribution < -0.4 is 0 Å². The maximum absolute atomic E-state index is 12.3. The summed E-state index contributed by atoms with van der Waals surface area (Å²) in [6.45, 7) is 1.82. The number of thioether (sulfide) groups is 1. The average molecular weight is 324 g/mol. The van der Waals surface area contributed by atoms with Gasteiger partial charge in [-0.2, -0.15) is 11.8 Å². The molecule has 6 nitrogen and oxygen atoms in total. The van der Waals surface area contributed by atoms with E-state index in [2.05, 4.69) is 10.3 Å². The normalized spacial score (nSPS) is 16.9. The van der Waals surface area contributed by atoms with Crippen LogP contribution in [-0.4, -0.2) is 55.5 Å². The molecule has 0 saturated carbocycles. The number of hydrogen-bond donors (Lipinski definition) is 1. The van der Waals surface area contributed by atoms with Gasteiger partial charge in [-0.25, -0.2) is 4.68 Å². The van der Waals surface area contributed by atoms with E-state index in [9.17, 15) is 9.90 Å². The molecule has 1 aliphatic rings. The number of aromatic nitrogens is 3. The minimum atomic E-state index is -0.624. The highest BCUT2D eigenvalue weighted by atomic mass is 32.2. The molecule has 0 aliphatic carbocycles. The third-order valence-corrected chi connectivity index (χ3v) is 5.20. The molecule has 1 saturated heterocycles. The molecule has 1 aliphatic heterocycles. The summed E-state index contributed by atoms with van der Waals surface area (Å²) < 4.78 is 1.52. The lowest BCUT2D eigenvalue weighted by atomic mass is 10.3. The molecule has 0 bridgehead atoms. The third-order valence-electron chi connectivity index (χ3n) is 3.29. The van der Waals surface area contributed by atoms with Gasteiger partial charge in [0.2, 0.25) is 0 Å². The van der Waals surface area contributed by atoms with E-state index in [1.807, 2.05) is 29.3 Å². The summed E-state index contributed by atoms with van der Waals surface area (Å²) >= 11 is 3.35. The van der Waals surface area contributed by atoms with E-state index in [0.29, 0.717) is 12.2 Å². The van der Waals surface area contributed by atoms with Crippen LogP contribution in [-0.2, 0) is 6.54 Å². The zero-order valence-electron chi connectivity index (χ0n) is 11.4. The molecule has 1 fully saturated rings. The molecule has 1 amide bonds. The summed E-state index contributed by atoms with van der Waals surface area (Å²) in [5.74, 6) is 1.86. The van der Waals surface area contributed by atoms with E-state index in [1.165, 1.54) is 16.0 Å². The van der Waals surface area contributed by atoms with Crippen LogP contribution in [0.3, 0.4) is 0 Å². The molecule has 0 aromatic carbocycles. The molecule has 2 aromatic heterocycles. The highest BCUT2D eigenvalue weighted by molar-refractivity contribution is 7.99. The standard InChI is InChI=1S/C13H16N4O2S2/c18-11(12-2-1-5-21-12)9-17-8-10(14-15-17)13(19)16-3-6-20-7-4-16/h1-2,5,8,11,18H,3-4,6-7,9H2. The van der Waals surface area contributed by atoms with Crippen molar-refractivity contribution in [2.75, 3.05) is 24.6 Å². The van der Waals surface area contributed by atoms with Gasteiger partial charge in [0, 0.05) is 29.5 Å². The second kappa shape index (κ2) is 6.59. The van der Waals surface area contributed by atoms with Gasteiger partial charge in [-0.05, 0) is 11.4 Å². The number of hydrogen-bond acceptors (Lipinski definition) is 6. The lowest BCUT2D eigenvalue weighted by Crippen LogP contribution is -2.38. The van der Waals surface area contributed by atoms with Crippen molar-refractivity contribution >= 4 is 29.0 Å². The van der Waals surface area contributed by atoms with Gasteiger partial charge in [-0.3, -0.25) is 4.79 Å². The first kappa shape index (κ1) is 14.6. The SMILES string of the molecule is O=C(c1cn(CC(O)c2cccs2)nn1)N1CCSCC1. The van der Waals surface area contributed by atoms with Crippen LogP contribution in [0.25, 0.3) is 0 Å². The predicted octanol–water partition coefficient (Wildman–Crippen LogP) is 1.26. The number of nitrogens with zero attached hydrogens (tertiary/aromatic N) is 4. The van der Waals surface area contributed by atoms with Crippen molar-refractivity contribution < 1.29 is 9.90 Å². The van der Waals surface area contributed by atoms with Crippen molar-refractivity contribution in [1.82, 2.24) is 19.9 Å². The van der Waals surface area contributed by atoms with E-state index in [1.54, 1.807) is 11.1 Å². The summed E-state index contributed by atoms with van der Waals surface area (Å²) in [4.78, 5) is 15.0. The first-order valence-electron chi connectivity index (χ1n) is 6.72. The average Bonchev–Trinajstić information content (AvgIpc) is 3.19. The van der Waals surface area contributed by atoms with Crippen molar-refractivity contribution in [3.63, 3.8) is 0 Å². The zero-order valence-corrected chi connectivity index (χ0v) is 13.0. The second-order valence-electron chi connectivity index (χ2n) is 4.76. The molecule has 3 heterocycles. The van der Waals surface area contributed by atoms with E-state index < -0.39 is 6.10 Å². The number of aliphatic hydroxyl groups excluding tert-OH is 1. The number of aliphatic hydroxyl groups is 1. The topological polar surface area (TPSA) is 71.2 Å². The zero-order chi connectivity index (χ0) is 14.7. The van der Waals surface area contributed by atoms with Gasteiger partial charge in [0.15, 0.2) is 5.69 Å². The lowest BCUT2D eigenvalue weighted by molar-refractivity contribution is 0.0766. The predicted molar refractivity (Wildman–Crippen MR) is 82.5 cm³/mol. The molecule has 2 aromatic rings. The van der Waals surface area contributed by atoms with Gasteiger partial charge in [-0.1, -0.05) is 11.3 Å². The van der Waals surface area contributed by atoms with Gasteiger partial charge >= 0.3 is 0 Å². The van der Waals surface area contributed by atoms with E-state index in [0.717, 1.165) is 29.5 Å². The fourth-order valence-corrected chi connectivity index (χ4v) is 3.77. The highest BCUT2D eigenvalue weighted by Gasteiger charge is 2.21. The van der Waals surface area contributed by atoms with Crippen molar-refractivity contribution in [3.8, 4) is 0 Å². The Hall–Kier alpha value is -1.38. The van der Waals surface area contributed by atoms with E-state index >= 15 is 0 Å². The van der Waals surface area contributed by atoms with Gasteiger partial charge in [-0.15, -0.1) is 16.4 Å². The number of rotatable bonds is 4. The van der Waals surface area contributed by atoms with Crippen LogP contribution in [0.2, 0.25) is 0 Å². The molecule has 0 radical (unpaired) electrons. The van der Waals surface area contributed by atoms with Crippen molar-refractivity contribution in [3.05, 3.63) is 34.3 Å². The van der Waals surface area contributed by atoms with Crippen molar-refractivity contribution in [2.24, 2.45) is 0 Å². The Morgan fingerprint density at radius 3 is 2.95 bits per heavy atom. The Morgan fingerprint density at radius 1 is 1.43 bits per heavy atom. The summed E-state index contributed by atoms with van der Waals surface area (Å²) in [5.41, 5.74) is 0.347. The first-order chi connectivity index (χ1) is 10.2. The molecule has 21 heavy (non-hydrogen) atoms. The molecule has 8 heteroatoms. The van der Waals surface area contributed by atoms with Gasteiger partial charge in [0.05, 0.1) is 12.7 Å². The number of thiophene rings is 1. The van der Waals surface area contributed by atoms with Gasteiger partial charge in [0.1, 0.15) is 6.10 Å². The van der Waals surface area contributed by atoms with Gasteiger partial charge < -0.3 is 10.0 Å². The first-order valence-corrected chi connectivity index (χ1v) is 8.76. The lowest BCUT2D eigenvalue weighted by Gasteiger charge is -2.25. The Kier molecular flexibility index (Phi) is 4.57. The van der Waals surface area contributed by atoms with Crippen molar-refractivity contribution in [2.45, 2.75) is 12.6 Å². The van der Waals surface area contributed by atoms with Crippen LogP contribution >= 0.6 is 23.1 Å². The Morgan fingerprint density at radius 2 is 2.24 bits per heavy atom. The van der Waals surface area contributed by atoms with Crippen LogP contribution in [0, 0.1) is 0 Å². The third kappa shape index (κ3) is 3.45. The van der Waals surface area contributed by atoms with Crippen LogP contribution in [0.1, 0.15) is 21.5 Å². The van der Waals surface area contributed by atoms with Gasteiger partial charge in [0.25, 0.3) is 5.91 Å². The fourth-order valence-electron chi connectivity index (χ4n) is 2.16. The molecule has 1 N–H and O–H groups in total. The number of carbonyl (C=O) groups excluding carboxylic acids is 1. The van der Waals surface area contributed by atoms with Crippen LogP contribution in [0.15, 0.2) is 23.7 Å². The van der Waals surface area contributed by atoms with E-state index in [4.69, 9.17) is 0 Å². The Balaban J connectivity index is 1.64. The summed E-state index contributed by atoms with van der Waals surface area (Å²) in [7, 11) is 0. The fraction of sp³-hybridized carbons (Fsp3) is 0.462. The monoisotopic (exact) mass is 324 g/mol. The number of carbonyl (C=O) groups is 1. The highest BCUT2D eigenvalue weighted by Crippen LogP contribution is 2.20. The molecule has 1 atom stereocenters. The quantitative estimate of drug-likeness (QED) is 0.917. The molecular formula is C13H16N4O2S2. The second-order valence-corrected chi connectivity index (χ2v) is 6.97. The maximum atomic E-state index is 12.3. The minimum absolute atomic E-state index is 0.0767. The summed E-state index contributed by atoms with van der Waals surface area (Å²) in [6, 6.07) is 3.78. The maximum Gasteiger partial charge on any atom is 0.276 e. The molecular weight excluding hydrogens is 308 g/mol. The smallest absolute Gasteiger partial charge is 0.276 e. The molecule has 1 unspecified atom stereocenters. The van der Waals surface area contributed by atoms with Crippen molar-refractivity contribution in [1.29, 1.82) is 0 Å². The Bertz CT molecular complexity index is 593. The summed E-state index contributed by atoms with van der Waals surface area (Å²) in [5, 5.41) is 19.9. The van der Waals surface area contributed by atoms with Crippen LogP contribution in [0.5, 0.6) is 0 Å². The van der Waals surface area contributed by atoms with E-state index in [-0.39, 0.29) is 5.91 Å². The Labute approximate surface area is 130 Å². The minimum Gasteiger partial charge on any atom is -0.386 e. The molecule has 112 valence electrons.